The summed E-state index contributed by atoms with van der Waals surface area (Å²) >= 11 is 0. The van der Waals surface area contributed by atoms with Crippen molar-refractivity contribution >= 4 is 0 Å². The molecule has 1 saturated heterocycles. The minimum absolute atomic E-state index is 1.01. The molecule has 0 amide bonds. The third kappa shape index (κ3) is 5.27. The first kappa shape index (κ1) is 5.15. The van der Waals surface area contributed by atoms with Gasteiger partial charge >= 0.3 is 0 Å². The first-order chi connectivity index (χ1) is 16.0. The minimum Gasteiger partial charge on any atom is -0.394 e. The monoisotopic (exact) mass is 309 g/mol. The van der Waals surface area contributed by atoms with Crippen molar-refractivity contribution in [1.82, 2.24) is 0 Å². The highest BCUT2D eigenvalue weighted by Gasteiger charge is 2.43. The van der Waals surface area contributed by atoms with Crippen molar-refractivity contribution in [3.63, 3.8) is 0 Å². The SMILES string of the molecule is [2H]C([2H])([2H])C([2H])([2H])C([2H])([2H])C([2H])([2H])C([2H])([2H])C([2H])([2H])C([2H])([2H])C([2H])([2H])O[C@H]1O[C@H](CO)[C@@H](O)[C@@H](O)[C@H]1O. The van der Waals surface area contributed by atoms with Crippen molar-refractivity contribution in [3.8, 4) is 0 Å². The van der Waals surface area contributed by atoms with Crippen LogP contribution < -0.4 is 0 Å². The van der Waals surface area contributed by atoms with E-state index in [9.17, 15) is 20.4 Å². The Morgan fingerprint density at radius 2 is 1.75 bits per heavy atom. The molecule has 1 aliphatic heterocycles. The summed E-state index contributed by atoms with van der Waals surface area (Å²) in [5, 5.41) is 38.8. The lowest BCUT2D eigenvalue weighted by Crippen LogP contribution is -2.59. The number of rotatable bonds is 9. The highest BCUT2D eigenvalue weighted by molar-refractivity contribution is 4.88. The highest BCUT2D eigenvalue weighted by atomic mass is 16.7. The van der Waals surface area contributed by atoms with Crippen LogP contribution in [0.25, 0.3) is 0 Å². The smallest absolute Gasteiger partial charge is 0.186 e. The van der Waals surface area contributed by atoms with Crippen molar-refractivity contribution in [2.75, 3.05) is 13.2 Å². The van der Waals surface area contributed by atoms with Gasteiger partial charge in [-0.05, 0) is 6.37 Å². The molecule has 6 nitrogen and oxygen atoms in total. The Hall–Kier alpha value is -0.240. The zero-order chi connectivity index (χ0) is 30.0. The van der Waals surface area contributed by atoms with Crippen LogP contribution in [0.5, 0.6) is 0 Å². The molecule has 0 aromatic carbocycles. The molecular formula is C14H28O6. The molecular weight excluding hydrogens is 264 g/mol. The minimum atomic E-state index is -4.52. The Morgan fingerprint density at radius 3 is 2.45 bits per heavy atom. The van der Waals surface area contributed by atoms with Gasteiger partial charge in [0.25, 0.3) is 0 Å². The third-order valence-corrected chi connectivity index (χ3v) is 2.39. The number of ether oxygens (including phenoxy) is 2. The number of aliphatic hydroxyl groups excluding tert-OH is 4. The molecule has 120 valence electrons. The fourth-order valence-corrected chi connectivity index (χ4v) is 1.40. The highest BCUT2D eigenvalue weighted by Crippen LogP contribution is 2.22. The lowest BCUT2D eigenvalue weighted by atomic mass is 9.99. The van der Waals surface area contributed by atoms with Gasteiger partial charge in [0, 0.05) is 27.1 Å². The Bertz CT molecular complexity index is 813. The van der Waals surface area contributed by atoms with Gasteiger partial charge in [0.2, 0.25) is 0 Å². The standard InChI is InChI=1S/C14H28O6/c1-2-3-4-5-6-7-8-19-14-13(18)12(17)11(16)10(9-15)20-14/h10-18H,2-9H2,1H3/t10-,11-,12-,13-,14+/m1/s1/i1D3,2D2,3D2,4D2,5D2,6D2,7D2,8D2. The lowest BCUT2D eigenvalue weighted by molar-refractivity contribution is -0.301. The molecule has 0 aromatic rings. The van der Waals surface area contributed by atoms with Gasteiger partial charge in [0.15, 0.2) is 6.29 Å². The third-order valence-electron chi connectivity index (χ3n) is 2.39. The van der Waals surface area contributed by atoms with Gasteiger partial charge in [-0.1, -0.05) is 38.7 Å². The summed E-state index contributed by atoms with van der Waals surface area (Å²) in [6.45, 7) is -9.00. The van der Waals surface area contributed by atoms with E-state index in [-0.39, 0.29) is 0 Å². The summed E-state index contributed by atoms with van der Waals surface area (Å²) in [4.78, 5) is 0. The zero-order valence-electron chi connectivity index (χ0n) is 27.2. The molecule has 20 heavy (non-hydrogen) atoms. The number of hydrogen-bond donors (Lipinski definition) is 4. The molecule has 0 aliphatic carbocycles. The predicted octanol–water partition coefficient (Wildman–Crippen LogP) is 0.163. The molecule has 1 heterocycles. The van der Waals surface area contributed by atoms with Crippen molar-refractivity contribution in [3.05, 3.63) is 0 Å². The molecule has 1 rings (SSSR count). The summed E-state index contributed by atoms with van der Waals surface area (Å²) < 4.78 is 141. The van der Waals surface area contributed by atoms with Crippen LogP contribution in [0.15, 0.2) is 0 Å². The molecule has 0 saturated carbocycles. The average molecular weight is 309 g/mol. The summed E-state index contributed by atoms with van der Waals surface area (Å²) in [5.74, 6) is 0. The second kappa shape index (κ2) is 9.65. The van der Waals surface area contributed by atoms with E-state index in [0.29, 0.717) is 0 Å². The van der Waals surface area contributed by atoms with Gasteiger partial charge < -0.3 is 29.9 Å². The first-order valence-electron chi connectivity index (χ1n) is 14.0. The van der Waals surface area contributed by atoms with E-state index < -0.39 is 89.0 Å². The summed E-state index contributed by atoms with van der Waals surface area (Å²) in [7, 11) is 0. The van der Waals surface area contributed by atoms with Crippen LogP contribution in [0.3, 0.4) is 0 Å². The van der Waals surface area contributed by atoms with Gasteiger partial charge in [-0.25, -0.2) is 0 Å². The molecule has 0 unspecified atom stereocenters. The van der Waals surface area contributed by atoms with E-state index in [0.717, 1.165) is 0 Å². The van der Waals surface area contributed by atoms with E-state index in [1.54, 1.807) is 0 Å². The van der Waals surface area contributed by atoms with E-state index in [1.165, 1.54) is 0 Å². The molecule has 0 radical (unpaired) electrons. The van der Waals surface area contributed by atoms with E-state index in [4.69, 9.17) is 28.0 Å². The van der Waals surface area contributed by atoms with Crippen molar-refractivity contribution in [2.45, 2.75) is 75.8 Å². The molecule has 5 atom stereocenters. The maximum atomic E-state index is 10.0. The summed E-state index contributed by atoms with van der Waals surface area (Å²) in [6.07, 6.45) is -36.8. The normalized spacial score (nSPS) is 52.6. The van der Waals surface area contributed by atoms with Crippen LogP contribution in [0.1, 0.15) is 68.4 Å². The topological polar surface area (TPSA) is 99.4 Å². The fourth-order valence-electron chi connectivity index (χ4n) is 1.40. The van der Waals surface area contributed by atoms with Crippen LogP contribution in [0.2, 0.25) is 0 Å². The zero-order valence-corrected chi connectivity index (χ0v) is 10.2. The Kier molecular flexibility index (Phi) is 2.48. The maximum Gasteiger partial charge on any atom is 0.186 e. The van der Waals surface area contributed by atoms with Crippen molar-refractivity contribution in [1.29, 1.82) is 0 Å². The second-order valence-corrected chi connectivity index (χ2v) is 3.67. The molecule has 4 N–H and O–H groups in total. The molecule has 0 bridgehead atoms. The quantitative estimate of drug-likeness (QED) is 0.484. The van der Waals surface area contributed by atoms with E-state index in [1.807, 2.05) is 0 Å². The van der Waals surface area contributed by atoms with E-state index >= 15 is 0 Å². The van der Waals surface area contributed by atoms with Gasteiger partial charge in [-0.15, -0.1) is 0 Å². The summed E-state index contributed by atoms with van der Waals surface area (Å²) in [5.41, 5.74) is 0. The van der Waals surface area contributed by atoms with Crippen LogP contribution in [0.4, 0.5) is 0 Å². The lowest BCUT2D eigenvalue weighted by Gasteiger charge is -2.39. The number of hydrogen-bond acceptors (Lipinski definition) is 6. The molecule has 1 fully saturated rings. The van der Waals surface area contributed by atoms with Crippen LogP contribution in [0, 0.1) is 0 Å². The van der Waals surface area contributed by atoms with E-state index in [2.05, 4.69) is 4.74 Å². The molecule has 0 spiro atoms. The molecule has 1 aliphatic rings. The van der Waals surface area contributed by atoms with Crippen LogP contribution in [-0.2, 0) is 9.47 Å². The van der Waals surface area contributed by atoms with Gasteiger partial charge in [0.1, 0.15) is 24.4 Å². The Balaban J connectivity index is 3.53. The second-order valence-electron chi connectivity index (χ2n) is 3.67. The van der Waals surface area contributed by atoms with Gasteiger partial charge in [-0.2, -0.15) is 0 Å². The fraction of sp³-hybridized carbons (Fsp3) is 1.00. The van der Waals surface area contributed by atoms with Gasteiger partial charge in [0.05, 0.1) is 9.35 Å². The van der Waals surface area contributed by atoms with Crippen molar-refractivity contribution < 1.29 is 53.2 Å². The molecule has 6 heteroatoms. The average Bonchev–Trinajstić information content (AvgIpc) is 2.72. The van der Waals surface area contributed by atoms with Crippen LogP contribution >= 0.6 is 0 Å². The van der Waals surface area contributed by atoms with Crippen molar-refractivity contribution in [2.24, 2.45) is 0 Å². The Morgan fingerprint density at radius 1 is 1.05 bits per heavy atom. The van der Waals surface area contributed by atoms with Crippen LogP contribution in [-0.4, -0.2) is 64.3 Å². The van der Waals surface area contributed by atoms with Gasteiger partial charge in [-0.3, -0.25) is 0 Å². The summed E-state index contributed by atoms with van der Waals surface area (Å²) in [6, 6.07) is 0. The first-order valence-corrected chi connectivity index (χ1v) is 5.49. The molecule has 0 aromatic heterocycles. The Labute approximate surface area is 144 Å². The predicted molar refractivity (Wildman–Crippen MR) is 73.1 cm³/mol. The largest absolute Gasteiger partial charge is 0.394 e. The maximum absolute atomic E-state index is 10.0. The number of aliphatic hydroxyl groups is 4.